The maximum atomic E-state index is 2.57. The van der Waals surface area contributed by atoms with Gasteiger partial charge in [0.05, 0.1) is 5.16 Å². The molecule has 0 nitrogen and oxygen atoms in total. The summed E-state index contributed by atoms with van der Waals surface area (Å²) in [6.45, 7) is 4.54. The summed E-state index contributed by atoms with van der Waals surface area (Å²) >= 11 is 5.78. The minimum absolute atomic E-state index is 0.0500. The van der Waals surface area contributed by atoms with Gasteiger partial charge in [0.15, 0.2) is 0 Å². The van der Waals surface area contributed by atoms with Crippen molar-refractivity contribution in [3.8, 4) is 11.1 Å². The van der Waals surface area contributed by atoms with Gasteiger partial charge in [0.1, 0.15) is 0 Å². The van der Waals surface area contributed by atoms with Gasteiger partial charge in [-0.05, 0) is 67.2 Å². The van der Waals surface area contributed by atoms with E-state index in [4.69, 9.17) is 0 Å². The van der Waals surface area contributed by atoms with Crippen LogP contribution in [0, 0.1) is 0 Å². The van der Waals surface area contributed by atoms with E-state index in [1.165, 1.54) is 27.2 Å². The maximum Gasteiger partial charge on any atom is 0.0862 e. The molecule has 5 rings (SSSR count). The monoisotopic (exact) mass is 370 g/mol. The molecule has 0 fully saturated rings. The van der Waals surface area contributed by atoms with Crippen LogP contribution < -0.4 is 4.62 Å². The maximum absolute atomic E-state index is 2.57. The van der Waals surface area contributed by atoms with Gasteiger partial charge in [-0.2, -0.15) is 0 Å². The average molecular weight is 371 g/mol. The van der Waals surface area contributed by atoms with Crippen LogP contribution in [0.3, 0.4) is 0 Å². The summed E-state index contributed by atoms with van der Waals surface area (Å²) in [5.74, 6) is 2.57. The summed E-state index contributed by atoms with van der Waals surface area (Å²) < 4.78 is 1.59. The zero-order valence-electron chi connectivity index (χ0n) is 12.9. The van der Waals surface area contributed by atoms with Crippen LogP contribution in [0.2, 0.25) is 0 Å². The fourth-order valence-electron chi connectivity index (χ4n) is 3.59. The second-order valence-electron chi connectivity index (χ2n) is 6.06. The molecule has 0 saturated heterocycles. The normalized spacial score (nSPS) is 25.2. The SMILES string of the molecule is CC1=CP2c3sccc3-c3ccsc3C2(c2cccs2)C=C1C. The fourth-order valence-corrected chi connectivity index (χ4v) is 10.9. The van der Waals surface area contributed by atoms with Crippen LogP contribution in [0.15, 0.2) is 63.4 Å². The molecular formula is C19H15PS3. The van der Waals surface area contributed by atoms with Gasteiger partial charge in [0.2, 0.25) is 0 Å². The first-order valence-electron chi connectivity index (χ1n) is 7.59. The summed E-state index contributed by atoms with van der Waals surface area (Å²) in [6, 6.07) is 9.18. The molecule has 3 aromatic heterocycles. The Hall–Kier alpha value is -0.990. The van der Waals surface area contributed by atoms with Crippen molar-refractivity contribution < 1.29 is 0 Å². The number of fused-ring (bicyclic) bond motifs is 6. The molecule has 5 heterocycles. The third-order valence-corrected chi connectivity index (χ3v) is 11.5. The molecule has 23 heavy (non-hydrogen) atoms. The van der Waals surface area contributed by atoms with Gasteiger partial charge in [-0.25, -0.2) is 0 Å². The van der Waals surface area contributed by atoms with Crippen LogP contribution in [-0.2, 0) is 5.16 Å². The fraction of sp³-hybridized carbons (Fsp3) is 0.158. The lowest BCUT2D eigenvalue weighted by molar-refractivity contribution is 0.960. The average Bonchev–Trinajstić information content (AvgIpc) is 3.29. The molecule has 0 aliphatic carbocycles. The molecule has 2 aliphatic heterocycles. The van der Waals surface area contributed by atoms with E-state index in [-0.39, 0.29) is 13.1 Å². The highest BCUT2D eigenvalue weighted by Crippen LogP contribution is 2.70. The Bertz CT molecular complexity index is 955. The standard InChI is InChI=1S/C19H15PS3/c1-12-10-19(16-4-3-7-21-16)17-14(5-8-22-17)15-6-9-23-18(15)20(19)11-13(12)2/h3-11H,1-2H3. The zero-order valence-corrected chi connectivity index (χ0v) is 16.2. The van der Waals surface area contributed by atoms with Crippen molar-refractivity contribution in [2.45, 2.75) is 19.0 Å². The molecular weight excluding hydrogens is 355 g/mol. The van der Waals surface area contributed by atoms with Crippen LogP contribution in [-0.4, -0.2) is 0 Å². The van der Waals surface area contributed by atoms with E-state index in [0.717, 1.165) is 0 Å². The number of hydrogen-bond donors (Lipinski definition) is 0. The number of allylic oxidation sites excluding steroid dienone is 3. The zero-order chi connectivity index (χ0) is 15.6. The highest BCUT2D eigenvalue weighted by atomic mass is 32.1. The molecule has 0 saturated carbocycles. The van der Waals surface area contributed by atoms with Gasteiger partial charge < -0.3 is 0 Å². The second kappa shape index (κ2) is 5.00. The molecule has 0 N–H and O–H groups in total. The summed E-state index contributed by atoms with van der Waals surface area (Å²) in [5, 5.41) is 6.82. The van der Waals surface area contributed by atoms with Crippen LogP contribution in [0.5, 0.6) is 0 Å². The van der Waals surface area contributed by atoms with Gasteiger partial charge in [-0.1, -0.05) is 23.5 Å². The van der Waals surface area contributed by atoms with Crippen molar-refractivity contribution in [3.63, 3.8) is 0 Å². The van der Waals surface area contributed by atoms with Crippen molar-refractivity contribution >= 4 is 46.6 Å². The summed E-state index contributed by atoms with van der Waals surface area (Å²) in [4.78, 5) is 3.04. The Kier molecular flexibility index (Phi) is 3.12. The van der Waals surface area contributed by atoms with E-state index in [9.17, 15) is 0 Å². The number of rotatable bonds is 1. The predicted octanol–water partition coefficient (Wildman–Crippen LogP) is 6.77. The van der Waals surface area contributed by atoms with Gasteiger partial charge in [-0.15, -0.1) is 34.0 Å². The second-order valence-corrected chi connectivity index (χ2v) is 11.3. The molecule has 0 bridgehead atoms. The topological polar surface area (TPSA) is 0 Å². The highest BCUT2D eigenvalue weighted by Gasteiger charge is 2.49. The minimum Gasteiger partial charge on any atom is -0.147 e. The van der Waals surface area contributed by atoms with E-state index < -0.39 is 0 Å². The summed E-state index contributed by atoms with van der Waals surface area (Å²) in [5.41, 5.74) is 5.80. The first-order chi connectivity index (χ1) is 11.2. The lowest BCUT2D eigenvalue weighted by atomic mass is 9.93. The lowest BCUT2D eigenvalue weighted by Gasteiger charge is -2.43. The minimum atomic E-state index is -0.386. The van der Waals surface area contributed by atoms with Crippen molar-refractivity contribution in [2.24, 2.45) is 0 Å². The predicted molar refractivity (Wildman–Crippen MR) is 107 cm³/mol. The first kappa shape index (κ1) is 14.4. The van der Waals surface area contributed by atoms with Crippen molar-refractivity contribution in [1.29, 1.82) is 0 Å². The van der Waals surface area contributed by atoms with E-state index in [1.54, 1.807) is 9.50 Å². The smallest absolute Gasteiger partial charge is 0.0862 e. The van der Waals surface area contributed by atoms with Crippen LogP contribution >= 0.6 is 41.9 Å². The van der Waals surface area contributed by atoms with Crippen LogP contribution in [0.4, 0.5) is 0 Å². The van der Waals surface area contributed by atoms with Gasteiger partial charge >= 0.3 is 0 Å². The molecule has 0 aromatic carbocycles. The summed E-state index contributed by atoms with van der Waals surface area (Å²) in [7, 11) is -0.386. The number of hydrogen-bond acceptors (Lipinski definition) is 3. The molecule has 2 unspecified atom stereocenters. The molecule has 0 amide bonds. The third-order valence-electron chi connectivity index (χ3n) is 4.81. The van der Waals surface area contributed by atoms with E-state index in [1.807, 2.05) is 34.0 Å². The molecule has 0 radical (unpaired) electrons. The van der Waals surface area contributed by atoms with E-state index >= 15 is 0 Å². The van der Waals surface area contributed by atoms with Crippen LogP contribution in [0.25, 0.3) is 11.1 Å². The van der Waals surface area contributed by atoms with Crippen molar-refractivity contribution in [1.82, 2.24) is 0 Å². The Balaban J connectivity index is 1.92. The lowest BCUT2D eigenvalue weighted by Crippen LogP contribution is -2.30. The Morgan fingerprint density at radius 1 is 0.870 bits per heavy atom. The number of thiophene rings is 3. The molecule has 0 spiro atoms. The Morgan fingerprint density at radius 2 is 1.70 bits per heavy atom. The quantitative estimate of drug-likeness (QED) is 0.415. The van der Waals surface area contributed by atoms with Gasteiger partial charge in [-0.3, -0.25) is 0 Å². The van der Waals surface area contributed by atoms with Crippen molar-refractivity contribution in [3.05, 3.63) is 73.2 Å². The van der Waals surface area contributed by atoms with Gasteiger partial charge in [0, 0.05) is 19.9 Å². The Labute approximate surface area is 149 Å². The van der Waals surface area contributed by atoms with Gasteiger partial charge in [0.25, 0.3) is 0 Å². The summed E-state index contributed by atoms with van der Waals surface area (Å²) in [6.07, 6.45) is 2.57. The third kappa shape index (κ3) is 1.80. The molecule has 3 aromatic rings. The molecule has 2 atom stereocenters. The molecule has 4 heteroatoms. The molecule has 114 valence electrons. The van der Waals surface area contributed by atoms with Crippen LogP contribution in [0.1, 0.15) is 23.6 Å². The Morgan fingerprint density at radius 3 is 2.52 bits per heavy atom. The molecule has 2 aliphatic rings. The van der Waals surface area contributed by atoms with E-state index in [2.05, 4.69) is 66.1 Å². The van der Waals surface area contributed by atoms with E-state index in [0.29, 0.717) is 0 Å². The van der Waals surface area contributed by atoms with Crippen molar-refractivity contribution in [2.75, 3.05) is 0 Å². The first-order valence-corrected chi connectivity index (χ1v) is 11.6. The highest BCUT2D eigenvalue weighted by molar-refractivity contribution is 7.76. The largest absolute Gasteiger partial charge is 0.147 e.